The number of nitriles is 1. The van der Waals surface area contributed by atoms with Crippen molar-refractivity contribution in [3.8, 4) is 6.07 Å². The number of aliphatic carboxylic acids is 1. The Hall–Kier alpha value is -2.81. The zero-order valence-electron chi connectivity index (χ0n) is 14.4. The number of carbonyl (C=O) groups is 2. The number of amides is 1. The van der Waals surface area contributed by atoms with Gasteiger partial charge in [-0.05, 0) is 37.3 Å². The number of nitrogens with zero attached hydrogens (tertiary/aromatic N) is 2. The van der Waals surface area contributed by atoms with Gasteiger partial charge in [-0.1, -0.05) is 24.3 Å². The lowest BCUT2D eigenvalue weighted by Crippen LogP contribution is -2.41. The van der Waals surface area contributed by atoms with Crippen LogP contribution in [0.5, 0.6) is 0 Å². The summed E-state index contributed by atoms with van der Waals surface area (Å²) < 4.78 is 0. The largest absolute Gasteiger partial charge is 0.481 e. The molecule has 1 aromatic carbocycles. The molecule has 1 amide bonds. The topological polar surface area (TPSA) is 93.4 Å². The van der Waals surface area contributed by atoms with Gasteiger partial charge in [0.2, 0.25) is 0 Å². The summed E-state index contributed by atoms with van der Waals surface area (Å²) in [6.07, 6.45) is 3.13. The number of aryl methyl sites for hydroxylation is 1. The van der Waals surface area contributed by atoms with E-state index in [9.17, 15) is 14.9 Å². The van der Waals surface area contributed by atoms with Gasteiger partial charge >= 0.3 is 5.97 Å². The van der Waals surface area contributed by atoms with Crippen LogP contribution in [-0.4, -0.2) is 41.5 Å². The molecule has 0 aromatic heterocycles. The number of hydrogen-bond acceptors (Lipinski definition) is 4. The van der Waals surface area contributed by atoms with E-state index in [2.05, 4.69) is 24.4 Å². The van der Waals surface area contributed by atoms with Gasteiger partial charge in [0.05, 0.1) is 5.92 Å². The summed E-state index contributed by atoms with van der Waals surface area (Å²) in [6, 6.07) is 10.0. The van der Waals surface area contributed by atoms with Crippen molar-refractivity contribution in [3.05, 3.63) is 47.2 Å². The highest BCUT2D eigenvalue weighted by Crippen LogP contribution is 2.18. The third kappa shape index (κ3) is 5.08. The molecule has 0 unspecified atom stereocenters. The second kappa shape index (κ2) is 8.88. The average Bonchev–Trinajstić information content (AvgIpc) is 2.63. The van der Waals surface area contributed by atoms with Crippen molar-refractivity contribution in [3.63, 3.8) is 0 Å². The summed E-state index contributed by atoms with van der Waals surface area (Å²) in [5.74, 6) is -1.55. The Bertz CT molecular complexity index is 698. The van der Waals surface area contributed by atoms with Gasteiger partial charge in [0.15, 0.2) is 0 Å². The van der Waals surface area contributed by atoms with Crippen molar-refractivity contribution < 1.29 is 14.7 Å². The maximum atomic E-state index is 12.4. The smallest absolute Gasteiger partial charge is 0.306 e. The van der Waals surface area contributed by atoms with Crippen LogP contribution in [0.4, 0.5) is 0 Å². The van der Waals surface area contributed by atoms with Gasteiger partial charge in [0, 0.05) is 25.8 Å². The summed E-state index contributed by atoms with van der Waals surface area (Å²) in [5, 5.41) is 21.3. The van der Waals surface area contributed by atoms with E-state index in [1.807, 2.05) is 18.2 Å². The molecule has 0 saturated carbocycles. The number of rotatable bonds is 6. The number of likely N-dealkylation sites (tertiary alicyclic amines) is 1. The molecule has 1 heterocycles. The fraction of sp³-hybridized carbons (Fsp3) is 0.421. The normalized spacial score (nSPS) is 15.5. The third-order valence-electron chi connectivity index (χ3n) is 4.53. The van der Waals surface area contributed by atoms with Crippen molar-refractivity contribution in [2.75, 3.05) is 19.6 Å². The molecular weight excluding hydrogens is 318 g/mol. The fourth-order valence-electron chi connectivity index (χ4n) is 2.91. The highest BCUT2D eigenvalue weighted by atomic mass is 16.4. The van der Waals surface area contributed by atoms with Crippen molar-refractivity contribution >= 4 is 11.9 Å². The summed E-state index contributed by atoms with van der Waals surface area (Å²) in [7, 11) is 0. The van der Waals surface area contributed by atoms with Crippen molar-refractivity contribution in [2.24, 2.45) is 5.92 Å². The summed E-state index contributed by atoms with van der Waals surface area (Å²) >= 11 is 0. The molecule has 6 nitrogen and oxygen atoms in total. The Balaban J connectivity index is 1.85. The second-order valence-corrected chi connectivity index (χ2v) is 6.21. The minimum absolute atomic E-state index is 0.0542. The van der Waals surface area contributed by atoms with E-state index in [1.165, 1.54) is 17.3 Å². The minimum Gasteiger partial charge on any atom is -0.481 e. The first kappa shape index (κ1) is 18.5. The van der Waals surface area contributed by atoms with Crippen LogP contribution in [0.25, 0.3) is 0 Å². The molecule has 132 valence electrons. The van der Waals surface area contributed by atoms with E-state index < -0.39 is 11.9 Å². The molecule has 1 aromatic rings. The number of benzene rings is 1. The lowest BCUT2D eigenvalue weighted by Gasteiger charge is -2.29. The predicted octanol–water partition coefficient (Wildman–Crippen LogP) is 1.86. The molecule has 6 heteroatoms. The Morgan fingerprint density at radius 3 is 2.64 bits per heavy atom. The van der Waals surface area contributed by atoms with Gasteiger partial charge in [-0.25, -0.2) is 0 Å². The van der Waals surface area contributed by atoms with Gasteiger partial charge < -0.3 is 15.3 Å². The minimum atomic E-state index is -0.819. The van der Waals surface area contributed by atoms with Crippen LogP contribution in [0, 0.1) is 24.2 Å². The zero-order chi connectivity index (χ0) is 18.2. The molecule has 25 heavy (non-hydrogen) atoms. The SMILES string of the molecule is Cc1ccccc1CCN/C=C(/C#N)C(=O)N1CCC(C(=O)O)CC1. The van der Waals surface area contributed by atoms with E-state index in [0.29, 0.717) is 32.5 Å². The highest BCUT2D eigenvalue weighted by Gasteiger charge is 2.28. The number of hydrogen-bond donors (Lipinski definition) is 2. The maximum Gasteiger partial charge on any atom is 0.306 e. The molecule has 0 atom stereocenters. The number of carboxylic acids is 1. The molecule has 0 bridgehead atoms. The Labute approximate surface area is 147 Å². The van der Waals surface area contributed by atoms with Gasteiger partial charge in [-0.15, -0.1) is 0 Å². The van der Waals surface area contributed by atoms with E-state index in [1.54, 1.807) is 4.90 Å². The van der Waals surface area contributed by atoms with Gasteiger partial charge in [0.25, 0.3) is 5.91 Å². The van der Waals surface area contributed by atoms with E-state index in [4.69, 9.17) is 5.11 Å². The van der Waals surface area contributed by atoms with Crippen LogP contribution < -0.4 is 5.32 Å². The quantitative estimate of drug-likeness (QED) is 0.468. The first-order valence-electron chi connectivity index (χ1n) is 8.43. The number of carboxylic acid groups (broad SMARTS) is 1. The second-order valence-electron chi connectivity index (χ2n) is 6.21. The zero-order valence-corrected chi connectivity index (χ0v) is 14.4. The Morgan fingerprint density at radius 2 is 2.04 bits per heavy atom. The first-order valence-corrected chi connectivity index (χ1v) is 8.43. The van der Waals surface area contributed by atoms with Crippen molar-refractivity contribution in [2.45, 2.75) is 26.2 Å². The lowest BCUT2D eigenvalue weighted by molar-refractivity contribution is -0.145. The van der Waals surface area contributed by atoms with Crippen LogP contribution in [0.3, 0.4) is 0 Å². The Kier molecular flexibility index (Phi) is 6.58. The van der Waals surface area contributed by atoms with Crippen LogP contribution in [0.1, 0.15) is 24.0 Å². The van der Waals surface area contributed by atoms with Gasteiger partial charge in [-0.2, -0.15) is 5.26 Å². The molecular formula is C19H23N3O3. The molecule has 2 rings (SSSR count). The van der Waals surface area contributed by atoms with Gasteiger partial charge in [-0.3, -0.25) is 9.59 Å². The maximum absolute atomic E-state index is 12.4. The van der Waals surface area contributed by atoms with E-state index in [0.717, 1.165) is 6.42 Å². The summed E-state index contributed by atoms with van der Waals surface area (Å²) in [5.41, 5.74) is 2.49. The van der Waals surface area contributed by atoms with E-state index >= 15 is 0 Å². The summed E-state index contributed by atoms with van der Waals surface area (Å²) in [6.45, 7) is 3.43. The first-order chi connectivity index (χ1) is 12.0. The highest BCUT2D eigenvalue weighted by molar-refractivity contribution is 5.97. The number of piperidine rings is 1. The van der Waals surface area contributed by atoms with Gasteiger partial charge in [0.1, 0.15) is 11.6 Å². The molecule has 1 aliphatic rings. The number of carbonyl (C=O) groups excluding carboxylic acids is 1. The lowest BCUT2D eigenvalue weighted by atomic mass is 9.97. The number of nitrogens with one attached hydrogen (secondary N) is 1. The molecule has 1 fully saturated rings. The monoisotopic (exact) mass is 341 g/mol. The molecule has 1 aliphatic heterocycles. The predicted molar refractivity (Wildman–Crippen MR) is 93.5 cm³/mol. The van der Waals surface area contributed by atoms with E-state index in [-0.39, 0.29) is 11.5 Å². The molecule has 1 saturated heterocycles. The summed E-state index contributed by atoms with van der Waals surface area (Å²) in [4.78, 5) is 24.9. The van der Waals surface area contributed by atoms with Crippen LogP contribution in [0.2, 0.25) is 0 Å². The molecule has 2 N–H and O–H groups in total. The van der Waals surface area contributed by atoms with Crippen molar-refractivity contribution in [1.29, 1.82) is 5.26 Å². The third-order valence-corrected chi connectivity index (χ3v) is 4.53. The average molecular weight is 341 g/mol. The van der Waals surface area contributed by atoms with Crippen LogP contribution in [0.15, 0.2) is 36.0 Å². The van der Waals surface area contributed by atoms with Crippen LogP contribution >= 0.6 is 0 Å². The Morgan fingerprint density at radius 1 is 1.36 bits per heavy atom. The van der Waals surface area contributed by atoms with Crippen LogP contribution in [-0.2, 0) is 16.0 Å². The molecule has 0 aliphatic carbocycles. The fourth-order valence-corrected chi connectivity index (χ4v) is 2.91. The van der Waals surface area contributed by atoms with Crippen molar-refractivity contribution in [1.82, 2.24) is 10.2 Å². The molecule has 0 spiro atoms. The standard InChI is InChI=1S/C19H23N3O3/c1-14-4-2-3-5-15(14)6-9-21-13-17(12-20)18(23)22-10-7-16(8-11-22)19(24)25/h2-5,13,16,21H,6-11H2,1H3,(H,24,25)/b17-13-. The molecule has 0 radical (unpaired) electrons.